The van der Waals surface area contributed by atoms with Crippen LogP contribution in [0.2, 0.25) is 0 Å². The van der Waals surface area contributed by atoms with Gasteiger partial charge in [-0.05, 0) is 49.8 Å². The summed E-state index contributed by atoms with van der Waals surface area (Å²) < 4.78 is 13.1. The van der Waals surface area contributed by atoms with Crippen molar-refractivity contribution in [2.75, 3.05) is 13.1 Å². The number of likely N-dealkylation sites (tertiary alicyclic amines) is 1. The molecule has 3 aliphatic rings. The number of hydrogen-bond acceptors (Lipinski definition) is 4. The molecule has 0 radical (unpaired) electrons. The largest absolute Gasteiger partial charge is 0.487 e. The molecule has 4 rings (SSSR count). The average molecular weight is 373 g/mol. The summed E-state index contributed by atoms with van der Waals surface area (Å²) in [7, 11) is 0. The first-order chi connectivity index (χ1) is 12.6. The molecule has 1 amide bonds. The number of ether oxygens (including phenoxy) is 2. The van der Waals surface area contributed by atoms with E-state index in [0.717, 1.165) is 25.1 Å². The third kappa shape index (κ3) is 3.25. The second-order valence-corrected chi connectivity index (χ2v) is 9.94. The normalized spacial score (nSPS) is 32.2. The summed E-state index contributed by atoms with van der Waals surface area (Å²) >= 11 is 0. The van der Waals surface area contributed by atoms with Gasteiger partial charge in [0.2, 0.25) is 5.91 Å². The van der Waals surface area contributed by atoms with Gasteiger partial charge in [-0.2, -0.15) is 0 Å². The lowest BCUT2D eigenvalue weighted by molar-refractivity contribution is -0.162. The van der Waals surface area contributed by atoms with Gasteiger partial charge in [0, 0.05) is 24.1 Å². The van der Waals surface area contributed by atoms with Crippen LogP contribution in [0.4, 0.5) is 0 Å². The Hall–Kier alpha value is -1.59. The molecule has 5 heteroatoms. The Labute approximate surface area is 162 Å². The first kappa shape index (κ1) is 18.8. The first-order valence-corrected chi connectivity index (χ1v) is 10.1. The fourth-order valence-electron chi connectivity index (χ4n) is 5.04. The van der Waals surface area contributed by atoms with Crippen LogP contribution in [0.3, 0.4) is 0 Å². The first-order valence-electron chi connectivity index (χ1n) is 10.1. The molecule has 1 aromatic rings. The van der Waals surface area contributed by atoms with Crippen LogP contribution in [0, 0.1) is 5.92 Å². The van der Waals surface area contributed by atoms with E-state index in [9.17, 15) is 4.79 Å². The van der Waals surface area contributed by atoms with Crippen LogP contribution in [-0.2, 0) is 14.9 Å². The van der Waals surface area contributed by atoms with Crippen LogP contribution in [0.25, 0.3) is 0 Å². The van der Waals surface area contributed by atoms with E-state index < -0.39 is 0 Å². The van der Waals surface area contributed by atoms with Gasteiger partial charge in [0.15, 0.2) is 0 Å². The van der Waals surface area contributed by atoms with Crippen LogP contribution in [0.1, 0.15) is 64.7 Å². The number of carbonyl (C=O) groups excluding carboxylic acids is 1. The molecule has 148 valence electrons. The lowest BCUT2D eigenvalue weighted by Gasteiger charge is -2.51. The van der Waals surface area contributed by atoms with Gasteiger partial charge in [-0.3, -0.25) is 9.69 Å². The molecule has 4 atom stereocenters. The lowest BCUT2D eigenvalue weighted by Crippen LogP contribution is -2.54. The van der Waals surface area contributed by atoms with Crippen molar-refractivity contribution in [3.05, 3.63) is 29.3 Å². The minimum Gasteiger partial charge on any atom is -0.487 e. The maximum absolute atomic E-state index is 11.5. The van der Waals surface area contributed by atoms with E-state index in [2.05, 4.69) is 57.7 Å². The maximum Gasteiger partial charge on any atom is 0.231 e. The second kappa shape index (κ2) is 6.21. The van der Waals surface area contributed by atoms with Crippen molar-refractivity contribution in [3.63, 3.8) is 0 Å². The zero-order valence-electron chi connectivity index (χ0n) is 17.1. The van der Waals surface area contributed by atoms with Gasteiger partial charge in [0.25, 0.3) is 0 Å². The monoisotopic (exact) mass is 372 g/mol. The van der Waals surface area contributed by atoms with Gasteiger partial charge in [0.05, 0.1) is 18.8 Å². The molecule has 3 aliphatic heterocycles. The van der Waals surface area contributed by atoms with E-state index in [1.54, 1.807) is 0 Å². The molecule has 5 nitrogen and oxygen atoms in total. The molecule has 0 spiro atoms. The fourth-order valence-corrected chi connectivity index (χ4v) is 5.04. The zero-order valence-corrected chi connectivity index (χ0v) is 17.1. The van der Waals surface area contributed by atoms with E-state index in [0.29, 0.717) is 6.54 Å². The Morgan fingerprint density at radius 3 is 2.74 bits per heavy atom. The Morgan fingerprint density at radius 2 is 2.07 bits per heavy atom. The van der Waals surface area contributed by atoms with E-state index >= 15 is 0 Å². The Balaban J connectivity index is 1.68. The number of amides is 1. The molecular weight excluding hydrogens is 340 g/mol. The molecule has 0 aliphatic carbocycles. The maximum atomic E-state index is 11.5. The van der Waals surface area contributed by atoms with Gasteiger partial charge < -0.3 is 15.2 Å². The van der Waals surface area contributed by atoms with Crippen molar-refractivity contribution < 1.29 is 14.3 Å². The molecule has 1 aromatic carbocycles. The summed E-state index contributed by atoms with van der Waals surface area (Å²) in [5.74, 6) is 0.923. The number of hydrogen-bond donors (Lipinski definition) is 1. The van der Waals surface area contributed by atoms with E-state index in [1.807, 2.05) is 0 Å². The average Bonchev–Trinajstić information content (AvgIpc) is 2.93. The standard InChI is InChI=1S/C22H32N2O3/c1-21(2,3)13-6-7-17-14(10-13)20-15(22(4,5)27-17)11-16-18(26-20)8-9-24(16)12-19(23)25/h6-7,10,15-16,18,20H,8-9,11-12H2,1-5H3,(H2,23,25)/t15-,16+,18-,20+/m1/s1. The zero-order chi connectivity index (χ0) is 19.6. The van der Waals surface area contributed by atoms with Crippen molar-refractivity contribution in [2.24, 2.45) is 11.7 Å². The molecule has 0 aromatic heterocycles. The number of primary amides is 1. The van der Waals surface area contributed by atoms with E-state index in [1.165, 1.54) is 11.1 Å². The van der Waals surface area contributed by atoms with Crippen LogP contribution in [0.5, 0.6) is 5.75 Å². The Kier molecular flexibility index (Phi) is 4.32. The van der Waals surface area contributed by atoms with Crippen molar-refractivity contribution >= 4 is 5.91 Å². The molecule has 2 saturated heterocycles. The fraction of sp³-hybridized carbons (Fsp3) is 0.682. The third-order valence-corrected chi connectivity index (χ3v) is 6.59. The highest BCUT2D eigenvalue weighted by atomic mass is 16.5. The minimum absolute atomic E-state index is 0.0424. The lowest BCUT2D eigenvalue weighted by atomic mass is 9.73. The molecule has 27 heavy (non-hydrogen) atoms. The smallest absolute Gasteiger partial charge is 0.231 e. The predicted octanol–water partition coefficient (Wildman–Crippen LogP) is 3.16. The molecule has 2 N–H and O–H groups in total. The van der Waals surface area contributed by atoms with Gasteiger partial charge in [-0.25, -0.2) is 0 Å². The summed E-state index contributed by atoms with van der Waals surface area (Å²) in [5.41, 5.74) is 7.71. The van der Waals surface area contributed by atoms with Crippen molar-refractivity contribution in [1.29, 1.82) is 0 Å². The van der Waals surface area contributed by atoms with E-state index in [-0.39, 0.29) is 41.1 Å². The summed E-state index contributed by atoms with van der Waals surface area (Å²) in [6.45, 7) is 12.2. The second-order valence-electron chi connectivity index (χ2n) is 9.94. The highest BCUT2D eigenvalue weighted by molar-refractivity contribution is 5.76. The SMILES string of the molecule is CC(C)(C)c1ccc2c(c1)[C@@H]1O[C@@H]3CCN(CC(N)=O)[C@H]3C[C@H]1C(C)(C)O2. The van der Waals surface area contributed by atoms with Crippen molar-refractivity contribution in [2.45, 2.75) is 76.7 Å². The highest BCUT2D eigenvalue weighted by Gasteiger charge is 2.53. The number of nitrogens with zero attached hydrogens (tertiary/aromatic N) is 1. The van der Waals surface area contributed by atoms with Gasteiger partial charge in [0.1, 0.15) is 11.4 Å². The quantitative estimate of drug-likeness (QED) is 0.866. The summed E-state index contributed by atoms with van der Waals surface area (Å²) in [6.07, 6.45) is 2.12. The van der Waals surface area contributed by atoms with Crippen molar-refractivity contribution in [3.8, 4) is 5.75 Å². The molecule has 0 bridgehead atoms. The number of nitrogens with two attached hydrogens (primary N) is 1. The number of fused-ring (bicyclic) bond motifs is 4. The number of benzene rings is 1. The summed E-state index contributed by atoms with van der Waals surface area (Å²) in [6, 6.07) is 6.80. The van der Waals surface area contributed by atoms with Crippen LogP contribution in [0.15, 0.2) is 18.2 Å². The van der Waals surface area contributed by atoms with Gasteiger partial charge in [-0.1, -0.05) is 26.8 Å². The van der Waals surface area contributed by atoms with Crippen molar-refractivity contribution in [1.82, 2.24) is 4.90 Å². The topological polar surface area (TPSA) is 64.8 Å². The summed E-state index contributed by atoms with van der Waals surface area (Å²) in [4.78, 5) is 13.6. The van der Waals surface area contributed by atoms with Crippen LogP contribution in [-0.4, -0.2) is 41.6 Å². The van der Waals surface area contributed by atoms with Gasteiger partial charge >= 0.3 is 0 Å². The predicted molar refractivity (Wildman–Crippen MR) is 105 cm³/mol. The highest BCUT2D eigenvalue weighted by Crippen LogP contribution is 2.53. The summed E-state index contributed by atoms with van der Waals surface area (Å²) in [5, 5.41) is 0. The number of rotatable bonds is 2. The van der Waals surface area contributed by atoms with Crippen LogP contribution < -0.4 is 10.5 Å². The van der Waals surface area contributed by atoms with Crippen LogP contribution >= 0.6 is 0 Å². The Bertz CT molecular complexity index is 752. The third-order valence-electron chi connectivity index (χ3n) is 6.59. The molecule has 2 fully saturated rings. The Morgan fingerprint density at radius 1 is 1.33 bits per heavy atom. The molecular formula is C22H32N2O3. The minimum atomic E-state index is -0.313. The molecule has 3 heterocycles. The van der Waals surface area contributed by atoms with Gasteiger partial charge in [-0.15, -0.1) is 0 Å². The molecule has 0 saturated carbocycles. The molecule has 0 unspecified atom stereocenters. The van der Waals surface area contributed by atoms with E-state index in [4.69, 9.17) is 15.2 Å². The number of carbonyl (C=O) groups is 1.